The molecule has 1 amide bonds. The number of benzene rings is 1. The summed E-state index contributed by atoms with van der Waals surface area (Å²) in [5.74, 6) is -0.247. The molecule has 1 rings (SSSR count). The molecule has 0 aliphatic heterocycles. The predicted molar refractivity (Wildman–Crippen MR) is 73.3 cm³/mol. The molecule has 2 nitrogen and oxygen atoms in total. The van der Waals surface area contributed by atoms with E-state index >= 15 is 0 Å². The molecular weight excluding hydrogens is 280 g/mol. The van der Waals surface area contributed by atoms with E-state index in [0.717, 1.165) is 12.8 Å². The first-order chi connectivity index (χ1) is 8.02. The summed E-state index contributed by atoms with van der Waals surface area (Å²) in [4.78, 5) is 11.8. The maximum Gasteiger partial charge on any atom is 0.254 e. The van der Waals surface area contributed by atoms with Gasteiger partial charge in [0.1, 0.15) is 0 Å². The zero-order valence-electron chi connectivity index (χ0n) is 9.47. The van der Waals surface area contributed by atoms with Crippen molar-refractivity contribution < 1.29 is 4.79 Å². The summed E-state index contributed by atoms with van der Waals surface area (Å²) in [6.07, 6.45) is 1.69. The van der Waals surface area contributed by atoms with Crippen LogP contribution >= 0.6 is 34.8 Å². The predicted octanol–water partition coefficient (Wildman–Crippen LogP) is 4.13. The molecule has 1 unspecified atom stereocenters. The van der Waals surface area contributed by atoms with Crippen LogP contribution in [0.1, 0.15) is 30.1 Å². The monoisotopic (exact) mass is 293 g/mol. The van der Waals surface area contributed by atoms with E-state index in [1.807, 2.05) is 6.92 Å². The van der Waals surface area contributed by atoms with Gasteiger partial charge in [-0.05, 0) is 31.9 Å². The number of halogens is 3. The molecule has 1 N–H and O–H groups in total. The Morgan fingerprint density at radius 1 is 1.35 bits per heavy atom. The lowest BCUT2D eigenvalue weighted by molar-refractivity contribution is 0.0953. The van der Waals surface area contributed by atoms with Crippen molar-refractivity contribution in [2.45, 2.75) is 25.1 Å². The van der Waals surface area contributed by atoms with Crippen LogP contribution in [0.2, 0.25) is 10.0 Å². The summed E-state index contributed by atoms with van der Waals surface area (Å²) < 4.78 is 0. The Morgan fingerprint density at radius 3 is 2.47 bits per heavy atom. The summed E-state index contributed by atoms with van der Waals surface area (Å²) in [6, 6.07) is 4.99. The van der Waals surface area contributed by atoms with Crippen LogP contribution in [0.5, 0.6) is 0 Å². The van der Waals surface area contributed by atoms with Crippen LogP contribution in [0.25, 0.3) is 0 Å². The fraction of sp³-hybridized carbons (Fsp3) is 0.417. The van der Waals surface area contributed by atoms with E-state index < -0.39 is 0 Å². The largest absolute Gasteiger partial charge is 0.352 e. The van der Waals surface area contributed by atoms with E-state index in [1.54, 1.807) is 18.2 Å². The Kier molecular flexibility index (Phi) is 6.10. The van der Waals surface area contributed by atoms with Gasteiger partial charge in [-0.25, -0.2) is 0 Å². The molecule has 1 atom stereocenters. The number of hydrogen-bond donors (Lipinski definition) is 1. The Morgan fingerprint density at radius 2 is 1.94 bits per heavy atom. The van der Waals surface area contributed by atoms with Gasteiger partial charge in [-0.15, -0.1) is 11.6 Å². The summed E-state index contributed by atoms with van der Waals surface area (Å²) >= 11 is 17.6. The van der Waals surface area contributed by atoms with Crippen molar-refractivity contribution in [3.05, 3.63) is 33.8 Å². The number of nitrogens with one attached hydrogen (secondary N) is 1. The molecule has 1 aromatic carbocycles. The standard InChI is InChI=1S/C12H14Cl3NO/c1-8(13)4-3-7-16-12(17)11-9(14)5-2-6-10(11)15/h2,5-6,8H,3-4,7H2,1H3,(H,16,17). The van der Waals surface area contributed by atoms with Crippen LogP contribution in [0.3, 0.4) is 0 Å². The first kappa shape index (κ1) is 14.6. The fourth-order valence-corrected chi connectivity index (χ4v) is 2.11. The molecule has 0 aliphatic carbocycles. The van der Waals surface area contributed by atoms with Gasteiger partial charge in [-0.2, -0.15) is 0 Å². The molecule has 0 radical (unpaired) electrons. The van der Waals surface area contributed by atoms with Crippen LogP contribution in [-0.2, 0) is 0 Å². The highest BCUT2D eigenvalue weighted by Crippen LogP contribution is 2.23. The summed E-state index contributed by atoms with van der Waals surface area (Å²) in [7, 11) is 0. The number of alkyl halides is 1. The van der Waals surface area contributed by atoms with Gasteiger partial charge >= 0.3 is 0 Å². The minimum Gasteiger partial charge on any atom is -0.352 e. The molecule has 0 aromatic heterocycles. The molecule has 0 heterocycles. The number of rotatable bonds is 5. The summed E-state index contributed by atoms with van der Waals surface area (Å²) in [5.41, 5.74) is 0.328. The molecule has 5 heteroatoms. The lowest BCUT2D eigenvalue weighted by Crippen LogP contribution is -2.25. The normalized spacial score (nSPS) is 12.2. The second-order valence-corrected chi connectivity index (χ2v) is 5.34. The maximum atomic E-state index is 11.8. The highest BCUT2D eigenvalue weighted by atomic mass is 35.5. The zero-order valence-corrected chi connectivity index (χ0v) is 11.7. The van der Waals surface area contributed by atoms with Crippen molar-refractivity contribution in [1.82, 2.24) is 5.32 Å². The highest BCUT2D eigenvalue weighted by molar-refractivity contribution is 6.39. The van der Waals surface area contributed by atoms with Gasteiger partial charge in [0.15, 0.2) is 0 Å². The molecule has 0 spiro atoms. The van der Waals surface area contributed by atoms with Crippen molar-refractivity contribution in [3.63, 3.8) is 0 Å². The van der Waals surface area contributed by atoms with E-state index in [2.05, 4.69) is 5.32 Å². The maximum absolute atomic E-state index is 11.8. The Bertz CT molecular complexity index is 373. The molecular formula is C12H14Cl3NO. The fourth-order valence-electron chi connectivity index (χ4n) is 1.39. The van der Waals surface area contributed by atoms with Crippen molar-refractivity contribution in [2.24, 2.45) is 0 Å². The van der Waals surface area contributed by atoms with Crippen molar-refractivity contribution in [2.75, 3.05) is 6.54 Å². The Hall–Kier alpha value is -0.440. The van der Waals surface area contributed by atoms with Gasteiger partial charge in [0.05, 0.1) is 15.6 Å². The molecule has 0 bridgehead atoms. The average molecular weight is 295 g/mol. The second kappa shape index (κ2) is 7.10. The minimum atomic E-state index is -0.247. The van der Waals surface area contributed by atoms with Gasteiger partial charge in [0.25, 0.3) is 5.91 Å². The molecule has 17 heavy (non-hydrogen) atoms. The third kappa shape index (κ3) is 4.74. The van der Waals surface area contributed by atoms with Gasteiger partial charge in [-0.3, -0.25) is 4.79 Å². The van der Waals surface area contributed by atoms with E-state index in [0.29, 0.717) is 22.2 Å². The minimum absolute atomic E-state index is 0.121. The SMILES string of the molecule is CC(Cl)CCCNC(=O)c1c(Cl)cccc1Cl. The van der Waals surface area contributed by atoms with E-state index in [-0.39, 0.29) is 11.3 Å². The van der Waals surface area contributed by atoms with Crippen molar-refractivity contribution in [3.8, 4) is 0 Å². The number of hydrogen-bond acceptors (Lipinski definition) is 1. The number of amides is 1. The second-order valence-electron chi connectivity index (χ2n) is 3.78. The molecule has 1 aromatic rings. The average Bonchev–Trinajstić information content (AvgIpc) is 2.24. The zero-order chi connectivity index (χ0) is 12.8. The molecule has 0 fully saturated rings. The van der Waals surface area contributed by atoms with Crippen molar-refractivity contribution in [1.29, 1.82) is 0 Å². The third-order valence-corrected chi connectivity index (χ3v) is 3.10. The highest BCUT2D eigenvalue weighted by Gasteiger charge is 2.13. The summed E-state index contributed by atoms with van der Waals surface area (Å²) in [5, 5.41) is 3.61. The topological polar surface area (TPSA) is 29.1 Å². The Balaban J connectivity index is 2.53. The molecule has 0 aliphatic rings. The number of carbonyl (C=O) groups is 1. The van der Waals surface area contributed by atoms with Crippen molar-refractivity contribution >= 4 is 40.7 Å². The molecule has 0 saturated heterocycles. The quantitative estimate of drug-likeness (QED) is 0.642. The first-order valence-corrected chi connectivity index (χ1v) is 6.58. The van der Waals surface area contributed by atoms with E-state index in [9.17, 15) is 4.79 Å². The van der Waals surface area contributed by atoms with Crippen LogP contribution in [0, 0.1) is 0 Å². The van der Waals surface area contributed by atoms with Crippen LogP contribution in [0.4, 0.5) is 0 Å². The lowest BCUT2D eigenvalue weighted by Gasteiger charge is -2.08. The van der Waals surface area contributed by atoms with Gasteiger partial charge in [0, 0.05) is 11.9 Å². The Labute approximate surface area is 116 Å². The summed E-state index contributed by atoms with van der Waals surface area (Å²) in [6.45, 7) is 2.49. The number of carbonyl (C=O) groups excluding carboxylic acids is 1. The van der Waals surface area contributed by atoms with Crippen LogP contribution in [-0.4, -0.2) is 17.8 Å². The lowest BCUT2D eigenvalue weighted by atomic mass is 10.2. The van der Waals surface area contributed by atoms with Gasteiger partial charge < -0.3 is 5.32 Å². The smallest absolute Gasteiger partial charge is 0.254 e. The van der Waals surface area contributed by atoms with E-state index in [4.69, 9.17) is 34.8 Å². The first-order valence-electron chi connectivity index (χ1n) is 5.38. The molecule has 0 saturated carbocycles. The van der Waals surface area contributed by atoms with Gasteiger partial charge in [-0.1, -0.05) is 29.3 Å². The van der Waals surface area contributed by atoms with Gasteiger partial charge in [0.2, 0.25) is 0 Å². The van der Waals surface area contributed by atoms with E-state index in [1.165, 1.54) is 0 Å². The van der Waals surface area contributed by atoms with Crippen LogP contribution in [0.15, 0.2) is 18.2 Å². The van der Waals surface area contributed by atoms with Crippen LogP contribution < -0.4 is 5.32 Å². The molecule has 94 valence electrons. The third-order valence-electron chi connectivity index (χ3n) is 2.25.